The number of aliphatic hydroxyl groups excluding tert-OH is 1. The Labute approximate surface area is 104 Å². The molecular weight excluding hydrogens is 230 g/mol. The lowest BCUT2D eigenvalue weighted by Crippen LogP contribution is -2.33. The van der Waals surface area contributed by atoms with E-state index in [1.165, 1.54) is 0 Å². The standard InChI is InChI=1S/C13H15N3O2/c17-11(9-4-5-9)7-14-13(18)10-8-16-6-2-1-3-12(16)15-10/h1-3,6,8-9,11,17H,4-5,7H2,(H,14,18). The average molecular weight is 245 g/mol. The highest BCUT2D eigenvalue weighted by molar-refractivity contribution is 5.92. The number of hydrogen-bond acceptors (Lipinski definition) is 3. The molecule has 0 radical (unpaired) electrons. The molecule has 1 aliphatic rings. The molecule has 94 valence electrons. The first-order valence-corrected chi connectivity index (χ1v) is 6.14. The van der Waals surface area contributed by atoms with E-state index in [1.54, 1.807) is 10.6 Å². The number of pyridine rings is 1. The van der Waals surface area contributed by atoms with Crippen molar-refractivity contribution in [2.24, 2.45) is 5.92 Å². The summed E-state index contributed by atoms with van der Waals surface area (Å²) in [7, 11) is 0. The van der Waals surface area contributed by atoms with Crippen molar-refractivity contribution in [1.29, 1.82) is 0 Å². The molecule has 2 heterocycles. The fraction of sp³-hybridized carbons (Fsp3) is 0.385. The van der Waals surface area contributed by atoms with Gasteiger partial charge in [-0.2, -0.15) is 0 Å². The number of aliphatic hydroxyl groups is 1. The van der Waals surface area contributed by atoms with Crippen LogP contribution in [0, 0.1) is 5.92 Å². The molecular formula is C13H15N3O2. The Hall–Kier alpha value is -1.88. The lowest BCUT2D eigenvalue weighted by molar-refractivity contribution is 0.0897. The molecule has 1 saturated carbocycles. The summed E-state index contributed by atoms with van der Waals surface area (Å²) in [6, 6.07) is 5.60. The molecule has 0 aliphatic heterocycles. The number of nitrogens with one attached hydrogen (secondary N) is 1. The summed E-state index contributed by atoms with van der Waals surface area (Å²) in [5.74, 6) is 0.129. The summed E-state index contributed by atoms with van der Waals surface area (Å²) in [5.41, 5.74) is 1.12. The van der Waals surface area contributed by atoms with Gasteiger partial charge in [-0.05, 0) is 30.9 Å². The van der Waals surface area contributed by atoms with Crippen LogP contribution in [0.2, 0.25) is 0 Å². The average Bonchev–Trinajstić information content (AvgIpc) is 3.14. The van der Waals surface area contributed by atoms with Gasteiger partial charge in [0.15, 0.2) is 0 Å². The third-order valence-electron chi connectivity index (χ3n) is 3.23. The van der Waals surface area contributed by atoms with Crippen LogP contribution in [0.4, 0.5) is 0 Å². The van der Waals surface area contributed by atoms with Crippen LogP contribution in [-0.2, 0) is 0 Å². The van der Waals surface area contributed by atoms with Crippen molar-refractivity contribution in [3.63, 3.8) is 0 Å². The van der Waals surface area contributed by atoms with Gasteiger partial charge >= 0.3 is 0 Å². The van der Waals surface area contributed by atoms with Crippen molar-refractivity contribution < 1.29 is 9.90 Å². The molecule has 2 aromatic rings. The van der Waals surface area contributed by atoms with Crippen LogP contribution in [0.3, 0.4) is 0 Å². The molecule has 2 aromatic heterocycles. The van der Waals surface area contributed by atoms with Crippen LogP contribution in [0.15, 0.2) is 30.6 Å². The minimum atomic E-state index is -0.425. The molecule has 18 heavy (non-hydrogen) atoms. The van der Waals surface area contributed by atoms with Crippen LogP contribution in [0.1, 0.15) is 23.3 Å². The lowest BCUT2D eigenvalue weighted by atomic mass is 10.2. The molecule has 1 fully saturated rings. The van der Waals surface area contributed by atoms with Gasteiger partial charge in [-0.25, -0.2) is 4.98 Å². The molecule has 0 spiro atoms. The predicted molar refractivity (Wildman–Crippen MR) is 66.3 cm³/mol. The number of carbonyl (C=O) groups excluding carboxylic acids is 1. The third kappa shape index (κ3) is 2.22. The van der Waals surface area contributed by atoms with Crippen molar-refractivity contribution >= 4 is 11.6 Å². The first-order chi connectivity index (χ1) is 8.74. The molecule has 1 aliphatic carbocycles. The number of hydrogen-bond donors (Lipinski definition) is 2. The van der Waals surface area contributed by atoms with Gasteiger partial charge in [0.2, 0.25) is 0 Å². The van der Waals surface area contributed by atoms with Crippen molar-refractivity contribution in [2.75, 3.05) is 6.54 Å². The summed E-state index contributed by atoms with van der Waals surface area (Å²) in [6.45, 7) is 0.303. The van der Waals surface area contributed by atoms with Gasteiger partial charge in [0.05, 0.1) is 6.10 Å². The van der Waals surface area contributed by atoms with Crippen LogP contribution in [-0.4, -0.2) is 33.0 Å². The van der Waals surface area contributed by atoms with Gasteiger partial charge in [0.25, 0.3) is 5.91 Å². The van der Waals surface area contributed by atoms with Gasteiger partial charge in [-0.15, -0.1) is 0 Å². The smallest absolute Gasteiger partial charge is 0.271 e. The van der Waals surface area contributed by atoms with E-state index in [1.807, 2.05) is 24.4 Å². The highest BCUT2D eigenvalue weighted by Crippen LogP contribution is 2.32. The molecule has 0 saturated heterocycles. The molecule has 0 aromatic carbocycles. The molecule has 3 rings (SSSR count). The van der Waals surface area contributed by atoms with Crippen LogP contribution >= 0.6 is 0 Å². The first kappa shape index (κ1) is 11.2. The van der Waals surface area contributed by atoms with Crippen LogP contribution in [0.25, 0.3) is 5.65 Å². The normalized spacial score (nSPS) is 16.7. The van der Waals surface area contributed by atoms with E-state index in [2.05, 4.69) is 10.3 Å². The van der Waals surface area contributed by atoms with E-state index in [0.29, 0.717) is 18.2 Å². The zero-order valence-corrected chi connectivity index (χ0v) is 9.91. The summed E-state index contributed by atoms with van der Waals surface area (Å²) in [6.07, 6.45) is 5.23. The quantitative estimate of drug-likeness (QED) is 0.838. The summed E-state index contributed by atoms with van der Waals surface area (Å²) < 4.78 is 1.80. The van der Waals surface area contributed by atoms with Crippen molar-refractivity contribution in [2.45, 2.75) is 18.9 Å². The highest BCUT2D eigenvalue weighted by Gasteiger charge is 2.29. The first-order valence-electron chi connectivity index (χ1n) is 6.14. The van der Waals surface area contributed by atoms with Gasteiger partial charge < -0.3 is 14.8 Å². The summed E-state index contributed by atoms with van der Waals surface area (Å²) in [4.78, 5) is 16.1. The Morgan fingerprint density at radius 2 is 2.39 bits per heavy atom. The number of fused-ring (bicyclic) bond motifs is 1. The molecule has 0 bridgehead atoms. The Bertz CT molecular complexity index is 541. The van der Waals surface area contributed by atoms with E-state index in [4.69, 9.17) is 0 Å². The number of carbonyl (C=O) groups is 1. The SMILES string of the molecule is O=C(NCC(O)C1CC1)c1cn2ccccc2n1. The van der Waals surface area contributed by atoms with E-state index >= 15 is 0 Å². The zero-order valence-electron chi connectivity index (χ0n) is 9.91. The minimum absolute atomic E-state index is 0.238. The molecule has 1 unspecified atom stereocenters. The Kier molecular flexibility index (Phi) is 2.76. The number of imidazole rings is 1. The van der Waals surface area contributed by atoms with Crippen molar-refractivity contribution in [3.05, 3.63) is 36.3 Å². The molecule has 1 atom stereocenters. The highest BCUT2D eigenvalue weighted by atomic mass is 16.3. The molecule has 1 amide bonds. The van der Waals surface area contributed by atoms with Crippen LogP contribution in [0.5, 0.6) is 0 Å². The van der Waals surface area contributed by atoms with Gasteiger partial charge in [0.1, 0.15) is 11.3 Å². The third-order valence-corrected chi connectivity index (χ3v) is 3.23. The largest absolute Gasteiger partial charge is 0.391 e. The van der Waals surface area contributed by atoms with Gasteiger partial charge in [-0.1, -0.05) is 6.07 Å². The van der Waals surface area contributed by atoms with E-state index in [0.717, 1.165) is 18.5 Å². The Morgan fingerprint density at radius 1 is 1.56 bits per heavy atom. The second kappa shape index (κ2) is 4.42. The van der Waals surface area contributed by atoms with Crippen molar-refractivity contribution in [3.8, 4) is 0 Å². The Morgan fingerprint density at radius 3 is 3.11 bits per heavy atom. The zero-order chi connectivity index (χ0) is 12.5. The van der Waals surface area contributed by atoms with Gasteiger partial charge in [0, 0.05) is 18.9 Å². The number of aromatic nitrogens is 2. The summed E-state index contributed by atoms with van der Waals surface area (Å²) >= 11 is 0. The number of rotatable bonds is 4. The van der Waals surface area contributed by atoms with Crippen molar-refractivity contribution in [1.82, 2.24) is 14.7 Å². The van der Waals surface area contributed by atoms with E-state index in [-0.39, 0.29) is 5.91 Å². The number of nitrogens with zero attached hydrogens (tertiary/aromatic N) is 2. The second-order valence-corrected chi connectivity index (χ2v) is 4.71. The maximum atomic E-state index is 11.9. The second-order valence-electron chi connectivity index (χ2n) is 4.71. The van der Waals surface area contributed by atoms with E-state index in [9.17, 15) is 9.90 Å². The monoisotopic (exact) mass is 245 g/mol. The molecule has 5 heteroatoms. The topological polar surface area (TPSA) is 66.6 Å². The predicted octanol–water partition coefficient (Wildman–Crippen LogP) is 0.835. The fourth-order valence-electron chi connectivity index (χ4n) is 1.98. The lowest BCUT2D eigenvalue weighted by Gasteiger charge is -2.09. The summed E-state index contributed by atoms with van der Waals surface area (Å²) in [5, 5.41) is 12.4. The molecule has 5 nitrogen and oxygen atoms in total. The maximum Gasteiger partial charge on any atom is 0.271 e. The fourth-order valence-corrected chi connectivity index (χ4v) is 1.98. The molecule has 2 N–H and O–H groups in total. The minimum Gasteiger partial charge on any atom is -0.391 e. The van der Waals surface area contributed by atoms with E-state index < -0.39 is 6.10 Å². The van der Waals surface area contributed by atoms with Gasteiger partial charge in [-0.3, -0.25) is 4.79 Å². The Balaban J connectivity index is 1.67. The maximum absolute atomic E-state index is 11.9. The number of amides is 1. The van der Waals surface area contributed by atoms with Crippen LogP contribution < -0.4 is 5.32 Å².